The molecule has 11 heteroatoms. The van der Waals surface area contributed by atoms with Crippen molar-refractivity contribution >= 4 is 22.8 Å². The van der Waals surface area contributed by atoms with Gasteiger partial charge in [0.15, 0.2) is 0 Å². The van der Waals surface area contributed by atoms with Crippen molar-refractivity contribution in [2.45, 2.75) is 43.8 Å². The number of aromatic amines is 2. The average Bonchev–Trinajstić information content (AvgIpc) is 4.01. The zero-order valence-electron chi connectivity index (χ0n) is 27.7. The van der Waals surface area contributed by atoms with Crippen LogP contribution in [0.5, 0.6) is 0 Å². The summed E-state index contributed by atoms with van der Waals surface area (Å²) >= 11 is 0. The number of ether oxygens (including phenoxy) is 1. The Morgan fingerprint density at radius 1 is 0.800 bits per heavy atom. The average molecular weight is 667 g/mol. The van der Waals surface area contributed by atoms with Crippen molar-refractivity contribution in [1.29, 1.82) is 0 Å². The highest BCUT2D eigenvalue weighted by Crippen LogP contribution is 2.35. The van der Waals surface area contributed by atoms with E-state index in [-0.39, 0.29) is 11.9 Å². The smallest absolute Gasteiger partial charge is 0.407 e. The zero-order valence-corrected chi connectivity index (χ0v) is 27.7. The maximum atomic E-state index is 13.8. The molecule has 0 saturated carbocycles. The molecule has 2 aliphatic rings. The molecule has 4 N–H and O–H groups in total. The van der Waals surface area contributed by atoms with Gasteiger partial charge >= 0.3 is 6.09 Å². The van der Waals surface area contributed by atoms with Gasteiger partial charge in [-0.3, -0.25) is 9.78 Å². The minimum atomic E-state index is -0.865. The van der Waals surface area contributed by atoms with Gasteiger partial charge in [0.1, 0.15) is 17.7 Å². The Morgan fingerprint density at radius 3 is 2.26 bits per heavy atom. The van der Waals surface area contributed by atoms with Crippen molar-refractivity contribution in [1.82, 2.24) is 40.5 Å². The molecule has 6 aromatic rings. The van der Waals surface area contributed by atoms with Gasteiger partial charge in [-0.25, -0.2) is 14.8 Å². The maximum Gasteiger partial charge on any atom is 0.407 e. The summed E-state index contributed by atoms with van der Waals surface area (Å²) in [6, 6.07) is 25.3. The lowest BCUT2D eigenvalue weighted by molar-refractivity contribution is -0.134. The van der Waals surface area contributed by atoms with Gasteiger partial charge in [-0.2, -0.15) is 0 Å². The molecular weight excluding hydrogens is 628 g/mol. The van der Waals surface area contributed by atoms with Gasteiger partial charge < -0.3 is 30.2 Å². The molecule has 0 spiro atoms. The number of fused-ring (bicyclic) bond motifs is 1. The minimum Gasteiger partial charge on any atom is -0.453 e. The number of methoxy groups -OCH3 is 1. The minimum absolute atomic E-state index is 0.202. The van der Waals surface area contributed by atoms with Gasteiger partial charge in [-0.1, -0.05) is 54.6 Å². The van der Waals surface area contributed by atoms with Crippen LogP contribution in [-0.4, -0.2) is 62.0 Å². The van der Waals surface area contributed by atoms with E-state index in [1.165, 1.54) is 13.5 Å². The van der Waals surface area contributed by atoms with E-state index >= 15 is 0 Å². The number of pyridine rings is 1. The van der Waals surface area contributed by atoms with Crippen molar-refractivity contribution in [3.8, 4) is 33.8 Å². The number of H-pyrrole nitrogens is 2. The van der Waals surface area contributed by atoms with Crippen LogP contribution in [0.2, 0.25) is 0 Å². The van der Waals surface area contributed by atoms with Crippen LogP contribution < -0.4 is 10.6 Å². The second kappa shape index (κ2) is 13.6. The zero-order chi connectivity index (χ0) is 34.0. The quantitative estimate of drug-likeness (QED) is 0.139. The van der Waals surface area contributed by atoms with Crippen LogP contribution >= 0.6 is 0 Å². The number of rotatable bonds is 8. The number of hydrogen-bond acceptors (Lipinski definition) is 7. The summed E-state index contributed by atoms with van der Waals surface area (Å²) in [6.07, 6.45) is 8.79. The van der Waals surface area contributed by atoms with Crippen LogP contribution in [0.15, 0.2) is 97.5 Å². The second-order valence-corrected chi connectivity index (χ2v) is 12.9. The first kappa shape index (κ1) is 31.5. The van der Waals surface area contributed by atoms with Gasteiger partial charge in [0.05, 0.1) is 48.7 Å². The summed E-state index contributed by atoms with van der Waals surface area (Å²) < 4.78 is 4.82. The maximum absolute atomic E-state index is 13.8. The van der Waals surface area contributed by atoms with Crippen molar-refractivity contribution < 1.29 is 14.3 Å². The SMILES string of the molecule is COC(=O)N[C@@H](C(=O)N1CCC[C@H]1c1ncc(-c2ccc(-c3ccc4cc(-c5cnc([C@@H]6CCCN6)[nH]5)ccc4c3)nc2)[nH]1)c1ccccc1. The van der Waals surface area contributed by atoms with E-state index in [1.54, 1.807) is 11.1 Å². The molecule has 3 aromatic heterocycles. The van der Waals surface area contributed by atoms with Crippen LogP contribution in [0.1, 0.15) is 61.0 Å². The Kier molecular flexibility index (Phi) is 8.56. The first-order valence-corrected chi connectivity index (χ1v) is 17.1. The molecule has 0 bridgehead atoms. The highest BCUT2D eigenvalue weighted by molar-refractivity contribution is 5.90. The first-order valence-electron chi connectivity index (χ1n) is 17.1. The Bertz CT molecular complexity index is 2140. The molecule has 5 heterocycles. The van der Waals surface area contributed by atoms with E-state index in [1.807, 2.05) is 54.9 Å². The van der Waals surface area contributed by atoms with E-state index in [9.17, 15) is 9.59 Å². The number of nitrogens with zero attached hydrogens (tertiary/aromatic N) is 4. The van der Waals surface area contributed by atoms with E-state index in [0.29, 0.717) is 24.0 Å². The van der Waals surface area contributed by atoms with Crippen molar-refractivity contribution in [2.24, 2.45) is 0 Å². The fourth-order valence-corrected chi connectivity index (χ4v) is 7.12. The van der Waals surface area contributed by atoms with E-state index in [4.69, 9.17) is 9.72 Å². The summed E-state index contributed by atoms with van der Waals surface area (Å²) in [5.74, 6) is 1.51. The molecular formula is C39H38N8O3. The Labute approximate surface area is 289 Å². The largest absolute Gasteiger partial charge is 0.453 e. The number of hydrogen-bond donors (Lipinski definition) is 4. The van der Waals surface area contributed by atoms with Crippen LogP contribution in [0.4, 0.5) is 4.79 Å². The first-order chi connectivity index (χ1) is 24.5. The number of amides is 2. The highest BCUT2D eigenvalue weighted by Gasteiger charge is 2.37. The number of aromatic nitrogens is 5. The molecule has 0 radical (unpaired) electrons. The second-order valence-electron chi connectivity index (χ2n) is 12.9. The topological polar surface area (TPSA) is 141 Å². The molecule has 11 nitrogen and oxygen atoms in total. The monoisotopic (exact) mass is 666 g/mol. The molecule has 3 atom stereocenters. The molecule has 8 rings (SSSR count). The predicted molar refractivity (Wildman–Crippen MR) is 191 cm³/mol. The molecule has 50 heavy (non-hydrogen) atoms. The number of carbonyl (C=O) groups excluding carboxylic acids is 2. The van der Waals surface area contributed by atoms with Gasteiger partial charge in [-0.05, 0) is 72.8 Å². The lowest BCUT2D eigenvalue weighted by atomic mass is 10.0. The number of benzene rings is 3. The van der Waals surface area contributed by atoms with Gasteiger partial charge in [0.2, 0.25) is 0 Å². The van der Waals surface area contributed by atoms with Crippen molar-refractivity contribution in [3.63, 3.8) is 0 Å². The summed E-state index contributed by atoms with van der Waals surface area (Å²) in [4.78, 5) is 48.9. The standard InChI is InChI=1S/C39H38N8O3/c1-50-39(49)46-35(24-7-3-2-4-8-24)38(48)47-18-6-10-34(47)37-43-23-33(45-37)29-15-16-30(41-21-29)27-13-11-26-20-28(14-12-25(26)19-27)32-22-42-36(44-32)31-9-5-17-40-31/h2-4,7-8,11-16,19-23,31,34-35,40H,5-6,9-10,17-18H2,1H3,(H,42,44)(H,43,45)(H,46,49)/t31-,34-,35+/m0/s1. The highest BCUT2D eigenvalue weighted by atomic mass is 16.5. The number of imidazole rings is 2. The van der Waals surface area contributed by atoms with Gasteiger partial charge in [-0.15, -0.1) is 0 Å². The number of carbonyl (C=O) groups is 2. The summed E-state index contributed by atoms with van der Waals surface area (Å²) in [5, 5.41) is 8.51. The number of likely N-dealkylation sites (tertiary alicyclic amines) is 1. The Hall–Kier alpha value is -5.81. The van der Waals surface area contributed by atoms with Gasteiger partial charge in [0, 0.05) is 29.4 Å². The fourth-order valence-electron chi connectivity index (χ4n) is 7.12. The fraction of sp³-hybridized carbons (Fsp3) is 0.256. The lowest BCUT2D eigenvalue weighted by Crippen LogP contribution is -2.42. The molecule has 2 aliphatic heterocycles. The van der Waals surface area contributed by atoms with E-state index in [0.717, 1.165) is 76.2 Å². The molecule has 2 amide bonds. The van der Waals surface area contributed by atoms with Crippen LogP contribution in [-0.2, 0) is 9.53 Å². The Balaban J connectivity index is 0.973. The van der Waals surface area contributed by atoms with E-state index < -0.39 is 12.1 Å². The summed E-state index contributed by atoms with van der Waals surface area (Å²) in [7, 11) is 1.29. The number of nitrogens with one attached hydrogen (secondary N) is 4. The van der Waals surface area contributed by atoms with E-state index in [2.05, 4.69) is 67.0 Å². The Morgan fingerprint density at radius 2 is 1.52 bits per heavy atom. The van der Waals surface area contributed by atoms with Crippen molar-refractivity contribution in [3.05, 3.63) is 115 Å². The molecule has 3 aromatic carbocycles. The normalized spacial score (nSPS) is 18.0. The summed E-state index contributed by atoms with van der Waals surface area (Å²) in [5.41, 5.74) is 6.46. The third kappa shape index (κ3) is 6.23. The molecule has 0 unspecified atom stereocenters. The number of alkyl carbamates (subject to hydrolysis) is 1. The third-order valence-corrected chi connectivity index (χ3v) is 9.78. The summed E-state index contributed by atoms with van der Waals surface area (Å²) in [6.45, 7) is 1.61. The molecule has 2 saturated heterocycles. The molecule has 252 valence electrons. The molecule has 0 aliphatic carbocycles. The van der Waals surface area contributed by atoms with Gasteiger partial charge in [0.25, 0.3) is 5.91 Å². The van der Waals surface area contributed by atoms with Crippen molar-refractivity contribution in [2.75, 3.05) is 20.2 Å². The third-order valence-electron chi connectivity index (χ3n) is 9.78. The van der Waals surface area contributed by atoms with Crippen LogP contribution in [0, 0.1) is 0 Å². The molecule has 2 fully saturated rings. The van der Waals surface area contributed by atoms with Crippen LogP contribution in [0.3, 0.4) is 0 Å². The lowest BCUT2D eigenvalue weighted by Gasteiger charge is -2.28. The predicted octanol–water partition coefficient (Wildman–Crippen LogP) is 6.87. The van der Waals surface area contributed by atoms with Crippen LogP contribution in [0.25, 0.3) is 44.5 Å².